The maximum atomic E-state index is 14.0. The number of hydrogen-bond donors (Lipinski definition) is 2. The minimum absolute atomic E-state index is 0.0680. The molecule has 0 heterocycles. The third kappa shape index (κ3) is 4.52. The summed E-state index contributed by atoms with van der Waals surface area (Å²) in [7, 11) is -0.508. The molecule has 0 radical (unpaired) electrons. The molecule has 0 aliphatic rings. The Labute approximate surface area is 120 Å². The molecule has 5 nitrogen and oxygen atoms in total. The fraction of sp³-hybridized carbons (Fsp3) is 0.538. The van der Waals surface area contributed by atoms with Crippen LogP contribution in [0.1, 0.15) is 24.5 Å². The average molecular weight is 303 g/mol. The van der Waals surface area contributed by atoms with Crippen molar-refractivity contribution in [3.05, 3.63) is 29.1 Å². The first-order valence-corrected chi connectivity index (χ1v) is 7.95. The van der Waals surface area contributed by atoms with Gasteiger partial charge in [-0.15, -0.1) is 4.83 Å². The van der Waals surface area contributed by atoms with E-state index in [1.54, 1.807) is 21.0 Å². The van der Waals surface area contributed by atoms with E-state index in [0.29, 0.717) is 17.7 Å². The van der Waals surface area contributed by atoms with Gasteiger partial charge in [-0.05, 0) is 37.6 Å². The van der Waals surface area contributed by atoms with Crippen molar-refractivity contribution in [2.75, 3.05) is 20.6 Å². The smallest absolute Gasteiger partial charge is 0.253 e. The summed E-state index contributed by atoms with van der Waals surface area (Å²) in [5, 5.41) is 4.41. The summed E-state index contributed by atoms with van der Waals surface area (Å²) >= 11 is 0. The Morgan fingerprint density at radius 2 is 1.95 bits per heavy atom. The third-order valence-corrected chi connectivity index (χ3v) is 4.12. The first-order valence-electron chi connectivity index (χ1n) is 6.47. The van der Waals surface area contributed by atoms with Gasteiger partial charge in [0.2, 0.25) is 0 Å². The SMILES string of the molecule is CCCNCc1cc(S(=O)(=O)NN(C)C)cc(C)c1F. The van der Waals surface area contributed by atoms with Gasteiger partial charge in [-0.3, -0.25) is 0 Å². The second kappa shape index (κ2) is 7.12. The summed E-state index contributed by atoms with van der Waals surface area (Å²) in [6, 6.07) is 2.71. The maximum absolute atomic E-state index is 14.0. The fourth-order valence-corrected chi connectivity index (χ4v) is 3.00. The van der Waals surface area contributed by atoms with E-state index < -0.39 is 10.0 Å². The van der Waals surface area contributed by atoms with Crippen molar-refractivity contribution in [2.24, 2.45) is 0 Å². The molecular formula is C13H22FN3O2S. The van der Waals surface area contributed by atoms with Crippen LogP contribution in [0.5, 0.6) is 0 Å². The van der Waals surface area contributed by atoms with Crippen molar-refractivity contribution in [1.29, 1.82) is 0 Å². The van der Waals surface area contributed by atoms with Crippen LogP contribution in [0.15, 0.2) is 17.0 Å². The van der Waals surface area contributed by atoms with Crippen LogP contribution >= 0.6 is 0 Å². The number of hydrogen-bond acceptors (Lipinski definition) is 4. The number of rotatable bonds is 7. The Bertz CT molecular complexity index is 559. The van der Waals surface area contributed by atoms with Gasteiger partial charge in [0.05, 0.1) is 4.90 Å². The molecule has 2 N–H and O–H groups in total. The van der Waals surface area contributed by atoms with Crippen LogP contribution in [-0.2, 0) is 16.6 Å². The van der Waals surface area contributed by atoms with Crippen LogP contribution in [0.2, 0.25) is 0 Å². The van der Waals surface area contributed by atoms with E-state index in [2.05, 4.69) is 10.1 Å². The normalized spacial score (nSPS) is 12.1. The van der Waals surface area contributed by atoms with Gasteiger partial charge in [-0.2, -0.15) is 0 Å². The first kappa shape index (κ1) is 17.0. The van der Waals surface area contributed by atoms with E-state index in [0.717, 1.165) is 13.0 Å². The minimum atomic E-state index is -3.67. The summed E-state index contributed by atoms with van der Waals surface area (Å²) in [4.78, 5) is 2.41. The molecule has 20 heavy (non-hydrogen) atoms. The molecule has 0 fully saturated rings. The van der Waals surface area contributed by atoms with E-state index in [1.165, 1.54) is 17.1 Å². The maximum Gasteiger partial charge on any atom is 0.253 e. The Balaban J connectivity index is 3.10. The highest BCUT2D eigenvalue weighted by atomic mass is 32.2. The molecule has 114 valence electrons. The Kier molecular flexibility index (Phi) is 6.07. The minimum Gasteiger partial charge on any atom is -0.313 e. The van der Waals surface area contributed by atoms with E-state index >= 15 is 0 Å². The van der Waals surface area contributed by atoms with Crippen LogP contribution in [0.4, 0.5) is 4.39 Å². The van der Waals surface area contributed by atoms with Gasteiger partial charge in [-0.25, -0.2) is 17.8 Å². The highest BCUT2D eigenvalue weighted by molar-refractivity contribution is 7.89. The number of sulfonamides is 1. The zero-order valence-electron chi connectivity index (χ0n) is 12.3. The van der Waals surface area contributed by atoms with Crippen molar-refractivity contribution >= 4 is 10.0 Å². The van der Waals surface area contributed by atoms with E-state index in [4.69, 9.17) is 0 Å². The second-order valence-electron chi connectivity index (χ2n) is 4.88. The molecule has 0 aliphatic carbocycles. The molecule has 0 unspecified atom stereocenters. The van der Waals surface area contributed by atoms with Gasteiger partial charge < -0.3 is 5.32 Å². The fourth-order valence-electron chi connectivity index (χ4n) is 1.78. The molecule has 0 aromatic heterocycles. The number of aryl methyl sites for hydroxylation is 1. The van der Waals surface area contributed by atoms with Crippen LogP contribution in [0, 0.1) is 12.7 Å². The molecule has 0 saturated heterocycles. The third-order valence-electron chi connectivity index (χ3n) is 2.66. The Morgan fingerprint density at radius 3 is 2.50 bits per heavy atom. The average Bonchev–Trinajstić information content (AvgIpc) is 2.32. The van der Waals surface area contributed by atoms with Gasteiger partial charge in [0, 0.05) is 26.2 Å². The summed E-state index contributed by atoms with van der Waals surface area (Å²) in [6.45, 7) is 4.64. The van der Waals surface area contributed by atoms with Gasteiger partial charge in [-0.1, -0.05) is 6.92 Å². The van der Waals surface area contributed by atoms with Gasteiger partial charge in [0.1, 0.15) is 5.82 Å². The van der Waals surface area contributed by atoms with Gasteiger partial charge in [0.25, 0.3) is 10.0 Å². The molecule has 0 atom stereocenters. The first-order chi connectivity index (χ1) is 9.27. The quantitative estimate of drug-likeness (QED) is 0.590. The number of nitrogens with zero attached hydrogens (tertiary/aromatic N) is 1. The van der Waals surface area contributed by atoms with E-state index in [1.807, 2.05) is 6.92 Å². The van der Waals surface area contributed by atoms with E-state index in [9.17, 15) is 12.8 Å². The Morgan fingerprint density at radius 1 is 1.30 bits per heavy atom. The molecular weight excluding hydrogens is 281 g/mol. The van der Waals surface area contributed by atoms with Crippen LogP contribution in [-0.4, -0.2) is 34.1 Å². The zero-order valence-corrected chi connectivity index (χ0v) is 13.1. The molecule has 1 aromatic carbocycles. The predicted molar refractivity (Wildman–Crippen MR) is 77.1 cm³/mol. The lowest BCUT2D eigenvalue weighted by molar-refractivity contribution is 0.364. The molecule has 7 heteroatoms. The molecule has 0 spiro atoms. The van der Waals surface area contributed by atoms with Crippen LogP contribution in [0.3, 0.4) is 0 Å². The van der Waals surface area contributed by atoms with E-state index in [-0.39, 0.29) is 10.7 Å². The molecule has 1 rings (SSSR count). The standard InChI is InChI=1S/C13H22FN3O2S/c1-5-6-15-9-11-8-12(7-10(2)13(11)14)20(18,19)16-17(3)4/h7-8,15-16H,5-6,9H2,1-4H3. The van der Waals surface area contributed by atoms with Crippen molar-refractivity contribution in [3.8, 4) is 0 Å². The number of halogens is 1. The lowest BCUT2D eigenvalue weighted by Gasteiger charge is -2.15. The van der Waals surface area contributed by atoms with Crippen molar-refractivity contribution in [3.63, 3.8) is 0 Å². The number of benzene rings is 1. The highest BCUT2D eigenvalue weighted by Crippen LogP contribution is 2.19. The van der Waals surface area contributed by atoms with Gasteiger partial charge in [0.15, 0.2) is 0 Å². The van der Waals surface area contributed by atoms with Crippen LogP contribution < -0.4 is 10.1 Å². The predicted octanol–water partition coefficient (Wildman–Crippen LogP) is 1.39. The summed E-state index contributed by atoms with van der Waals surface area (Å²) in [5.74, 6) is -0.364. The van der Waals surface area contributed by atoms with Gasteiger partial charge >= 0.3 is 0 Å². The lowest BCUT2D eigenvalue weighted by Crippen LogP contribution is -2.36. The van der Waals surface area contributed by atoms with Crippen molar-refractivity contribution in [2.45, 2.75) is 31.7 Å². The van der Waals surface area contributed by atoms with Crippen molar-refractivity contribution in [1.82, 2.24) is 15.2 Å². The Hall–Kier alpha value is -1.02. The highest BCUT2D eigenvalue weighted by Gasteiger charge is 2.18. The van der Waals surface area contributed by atoms with Crippen LogP contribution in [0.25, 0.3) is 0 Å². The topological polar surface area (TPSA) is 61.4 Å². The number of nitrogens with one attached hydrogen (secondary N) is 2. The second-order valence-corrected chi connectivity index (χ2v) is 6.54. The summed E-state index contributed by atoms with van der Waals surface area (Å²) in [6.07, 6.45) is 0.931. The number of hydrazine groups is 1. The lowest BCUT2D eigenvalue weighted by atomic mass is 10.1. The molecule has 1 aromatic rings. The summed E-state index contributed by atoms with van der Waals surface area (Å²) < 4.78 is 38.2. The molecule has 0 amide bonds. The molecule has 0 saturated carbocycles. The monoisotopic (exact) mass is 303 g/mol. The largest absolute Gasteiger partial charge is 0.313 e. The zero-order chi connectivity index (χ0) is 15.3. The van der Waals surface area contributed by atoms with Crippen molar-refractivity contribution < 1.29 is 12.8 Å². The summed E-state index contributed by atoms with van der Waals surface area (Å²) in [5.41, 5.74) is 0.678. The molecule has 0 aliphatic heterocycles. The molecule has 0 bridgehead atoms.